The summed E-state index contributed by atoms with van der Waals surface area (Å²) < 4.78 is 0. The van der Waals surface area contributed by atoms with Crippen LogP contribution in [0.1, 0.15) is 26.7 Å². The quantitative estimate of drug-likeness (QED) is 0.604. The molecule has 0 atom stereocenters. The van der Waals surface area contributed by atoms with Crippen LogP contribution < -0.4 is 5.32 Å². The molecular formula is C10H21NO2S. The van der Waals surface area contributed by atoms with Crippen LogP contribution in [0.25, 0.3) is 0 Å². The minimum absolute atomic E-state index is 0.105. The zero-order valence-electron chi connectivity index (χ0n) is 9.08. The van der Waals surface area contributed by atoms with E-state index in [0.29, 0.717) is 11.7 Å². The van der Waals surface area contributed by atoms with Crippen molar-refractivity contribution in [3.8, 4) is 0 Å². The van der Waals surface area contributed by atoms with Gasteiger partial charge in [0.25, 0.3) is 0 Å². The Labute approximate surface area is 90.7 Å². The van der Waals surface area contributed by atoms with E-state index in [-0.39, 0.29) is 12.5 Å². The summed E-state index contributed by atoms with van der Waals surface area (Å²) in [5, 5.41) is 11.4. The molecule has 0 unspecified atom stereocenters. The molecule has 84 valence electrons. The lowest BCUT2D eigenvalue weighted by Crippen LogP contribution is -2.27. The molecule has 0 heterocycles. The summed E-state index contributed by atoms with van der Waals surface area (Å²) in [7, 11) is 0. The number of carbonyl (C=O) groups excluding carboxylic acids is 1. The maximum atomic E-state index is 11.2. The van der Waals surface area contributed by atoms with E-state index in [0.717, 1.165) is 25.1 Å². The molecule has 0 spiro atoms. The summed E-state index contributed by atoms with van der Waals surface area (Å²) in [5.41, 5.74) is 0. The van der Waals surface area contributed by atoms with Gasteiger partial charge in [-0.1, -0.05) is 13.8 Å². The number of amides is 1. The number of rotatable bonds is 8. The number of thioether (sulfide) groups is 1. The van der Waals surface area contributed by atoms with Crippen LogP contribution in [0.2, 0.25) is 0 Å². The van der Waals surface area contributed by atoms with Gasteiger partial charge < -0.3 is 10.4 Å². The molecule has 4 heteroatoms. The first-order valence-electron chi connectivity index (χ1n) is 5.12. The van der Waals surface area contributed by atoms with Gasteiger partial charge in [-0.2, -0.15) is 11.8 Å². The van der Waals surface area contributed by atoms with Crippen LogP contribution >= 0.6 is 11.8 Å². The van der Waals surface area contributed by atoms with Crippen molar-refractivity contribution in [2.24, 2.45) is 5.92 Å². The third-order valence-electron chi connectivity index (χ3n) is 1.72. The Bertz CT molecular complexity index is 151. The van der Waals surface area contributed by atoms with E-state index in [2.05, 4.69) is 19.2 Å². The zero-order chi connectivity index (χ0) is 10.8. The monoisotopic (exact) mass is 219 g/mol. The van der Waals surface area contributed by atoms with E-state index in [1.807, 2.05) is 0 Å². The van der Waals surface area contributed by atoms with E-state index in [9.17, 15) is 4.79 Å². The van der Waals surface area contributed by atoms with Gasteiger partial charge in [-0.15, -0.1) is 0 Å². The summed E-state index contributed by atoms with van der Waals surface area (Å²) in [5.74, 6) is 2.11. The van der Waals surface area contributed by atoms with Crippen LogP contribution in [-0.4, -0.2) is 35.7 Å². The van der Waals surface area contributed by atoms with Gasteiger partial charge in [0.05, 0.1) is 5.75 Å². The molecule has 0 aliphatic heterocycles. The van der Waals surface area contributed by atoms with Gasteiger partial charge in [0, 0.05) is 13.2 Å². The second-order valence-electron chi connectivity index (χ2n) is 3.66. The van der Waals surface area contributed by atoms with Crippen molar-refractivity contribution in [1.29, 1.82) is 0 Å². The number of aliphatic hydroxyl groups excluding tert-OH is 1. The number of hydrogen-bond donors (Lipinski definition) is 2. The van der Waals surface area contributed by atoms with Crippen molar-refractivity contribution >= 4 is 17.7 Å². The average Bonchev–Trinajstić information content (AvgIpc) is 2.12. The fourth-order valence-electron chi connectivity index (χ4n) is 0.883. The summed E-state index contributed by atoms with van der Waals surface area (Å²) in [6, 6.07) is 0. The first-order valence-corrected chi connectivity index (χ1v) is 6.27. The topological polar surface area (TPSA) is 49.3 Å². The molecule has 0 fully saturated rings. The third-order valence-corrected chi connectivity index (χ3v) is 2.77. The molecule has 0 aromatic rings. The molecule has 0 aromatic heterocycles. The van der Waals surface area contributed by atoms with E-state index in [1.54, 1.807) is 11.8 Å². The largest absolute Gasteiger partial charge is 0.396 e. The summed E-state index contributed by atoms with van der Waals surface area (Å²) >= 11 is 1.57. The van der Waals surface area contributed by atoms with Gasteiger partial charge in [0.15, 0.2) is 0 Å². The normalized spacial score (nSPS) is 10.6. The van der Waals surface area contributed by atoms with Crippen LogP contribution in [-0.2, 0) is 4.79 Å². The minimum Gasteiger partial charge on any atom is -0.396 e. The molecule has 0 bridgehead atoms. The van der Waals surface area contributed by atoms with Crippen molar-refractivity contribution in [3.05, 3.63) is 0 Å². The van der Waals surface area contributed by atoms with Crippen LogP contribution in [0.4, 0.5) is 0 Å². The highest BCUT2D eigenvalue weighted by molar-refractivity contribution is 7.99. The highest BCUT2D eigenvalue weighted by Crippen LogP contribution is 2.01. The molecule has 0 rings (SSSR count). The maximum Gasteiger partial charge on any atom is 0.229 e. The lowest BCUT2D eigenvalue weighted by Gasteiger charge is -2.06. The molecule has 0 aliphatic rings. The number of aliphatic hydroxyl groups is 1. The second kappa shape index (κ2) is 9.34. The number of carbonyl (C=O) groups is 1. The van der Waals surface area contributed by atoms with E-state index < -0.39 is 0 Å². The van der Waals surface area contributed by atoms with Crippen molar-refractivity contribution in [2.75, 3.05) is 24.7 Å². The molecule has 0 radical (unpaired) electrons. The van der Waals surface area contributed by atoms with Gasteiger partial charge in [-0.3, -0.25) is 4.79 Å². The summed E-state index contributed by atoms with van der Waals surface area (Å²) in [6.45, 7) is 5.27. The number of nitrogens with one attached hydrogen (secondary N) is 1. The Hall–Kier alpha value is -0.220. The molecular weight excluding hydrogens is 198 g/mol. The Morgan fingerprint density at radius 3 is 2.79 bits per heavy atom. The lowest BCUT2D eigenvalue weighted by molar-refractivity contribution is -0.118. The molecule has 3 nitrogen and oxygen atoms in total. The van der Waals surface area contributed by atoms with Crippen LogP contribution in [0, 0.1) is 5.92 Å². The summed E-state index contributed by atoms with van der Waals surface area (Å²) in [6.07, 6.45) is 1.80. The number of hydrogen-bond acceptors (Lipinski definition) is 3. The smallest absolute Gasteiger partial charge is 0.229 e. The summed E-state index contributed by atoms with van der Waals surface area (Å²) in [4.78, 5) is 11.2. The second-order valence-corrected chi connectivity index (χ2v) is 4.77. The molecule has 0 saturated heterocycles. The van der Waals surface area contributed by atoms with Gasteiger partial charge >= 0.3 is 0 Å². The van der Waals surface area contributed by atoms with Crippen molar-refractivity contribution in [1.82, 2.24) is 5.32 Å². The first-order chi connectivity index (χ1) is 6.66. The fraction of sp³-hybridized carbons (Fsp3) is 0.900. The van der Waals surface area contributed by atoms with Gasteiger partial charge in [0.2, 0.25) is 5.91 Å². The van der Waals surface area contributed by atoms with Crippen molar-refractivity contribution < 1.29 is 9.90 Å². The third kappa shape index (κ3) is 9.86. The van der Waals surface area contributed by atoms with Crippen molar-refractivity contribution in [3.63, 3.8) is 0 Å². The molecule has 2 N–H and O–H groups in total. The standard InChI is InChI=1S/C10H21NO2S/c1-9(2)4-5-11-10(13)8-14-7-3-6-12/h9,12H,3-8H2,1-2H3,(H,11,13). The molecule has 0 aromatic carbocycles. The van der Waals surface area contributed by atoms with Crippen LogP contribution in [0.5, 0.6) is 0 Å². The predicted molar refractivity (Wildman–Crippen MR) is 61.5 cm³/mol. The molecule has 0 aliphatic carbocycles. The molecule has 0 saturated carbocycles. The fourth-order valence-corrected chi connectivity index (χ4v) is 1.65. The SMILES string of the molecule is CC(C)CCNC(=O)CSCCCO. The minimum atomic E-state index is 0.105. The van der Waals surface area contributed by atoms with Gasteiger partial charge in [0.1, 0.15) is 0 Å². The zero-order valence-corrected chi connectivity index (χ0v) is 9.90. The Kier molecular flexibility index (Phi) is 9.19. The lowest BCUT2D eigenvalue weighted by atomic mass is 10.1. The molecule has 1 amide bonds. The van der Waals surface area contributed by atoms with Crippen LogP contribution in [0.3, 0.4) is 0 Å². The van der Waals surface area contributed by atoms with Crippen LogP contribution in [0.15, 0.2) is 0 Å². The Morgan fingerprint density at radius 1 is 1.50 bits per heavy atom. The van der Waals surface area contributed by atoms with E-state index in [1.165, 1.54) is 0 Å². The Balaban J connectivity index is 3.20. The van der Waals surface area contributed by atoms with E-state index in [4.69, 9.17) is 5.11 Å². The predicted octanol–water partition coefficient (Wildman–Crippen LogP) is 1.26. The highest BCUT2D eigenvalue weighted by atomic mass is 32.2. The molecule has 14 heavy (non-hydrogen) atoms. The van der Waals surface area contributed by atoms with Gasteiger partial charge in [-0.25, -0.2) is 0 Å². The average molecular weight is 219 g/mol. The first kappa shape index (κ1) is 13.8. The van der Waals surface area contributed by atoms with E-state index >= 15 is 0 Å². The Morgan fingerprint density at radius 2 is 2.21 bits per heavy atom. The van der Waals surface area contributed by atoms with Crippen molar-refractivity contribution in [2.45, 2.75) is 26.7 Å². The van der Waals surface area contributed by atoms with Gasteiger partial charge in [-0.05, 0) is 24.5 Å². The maximum absolute atomic E-state index is 11.2. The highest BCUT2D eigenvalue weighted by Gasteiger charge is 2.01.